The molecule has 7 atom stereocenters. The van der Waals surface area contributed by atoms with E-state index >= 15 is 0 Å². The van der Waals surface area contributed by atoms with Gasteiger partial charge in [0.1, 0.15) is 24.4 Å². The SMILES string of the molecule is CCCCCCCCCCCC/C=C/C(O)C(COC1OC(CO)C(O)C(OS(=O)(=O)O)C1O)NC(=O)CCCCCCCCCCCCCCCCCCC/C=C\CCCCCCCCCCCCCC. The fourth-order valence-electron chi connectivity index (χ4n) is 9.81. The number of amides is 1. The summed E-state index contributed by atoms with van der Waals surface area (Å²) in [5.74, 6) is -0.259. The third-order valence-electron chi connectivity index (χ3n) is 14.5. The Labute approximate surface area is 442 Å². The van der Waals surface area contributed by atoms with Crippen LogP contribution in [0.4, 0.5) is 0 Å². The van der Waals surface area contributed by atoms with E-state index in [2.05, 4.69) is 35.5 Å². The molecule has 1 saturated heterocycles. The second-order valence-electron chi connectivity index (χ2n) is 21.3. The van der Waals surface area contributed by atoms with E-state index in [1.165, 1.54) is 225 Å². The number of unbranched alkanes of at least 4 members (excludes halogenated alkanes) is 39. The van der Waals surface area contributed by atoms with Gasteiger partial charge >= 0.3 is 10.4 Å². The Morgan fingerprint density at radius 3 is 1.25 bits per heavy atom. The lowest BCUT2D eigenvalue weighted by Crippen LogP contribution is -2.61. The molecular weight excluding hydrogens is 931 g/mol. The highest BCUT2D eigenvalue weighted by Gasteiger charge is 2.48. The first-order valence-corrected chi connectivity index (χ1v) is 31.6. The molecule has 7 unspecified atom stereocenters. The van der Waals surface area contributed by atoms with Crippen LogP contribution in [0.15, 0.2) is 24.3 Å². The third kappa shape index (κ3) is 40.8. The summed E-state index contributed by atoms with van der Waals surface area (Å²) in [6, 6.07) is -0.941. The number of rotatable bonds is 53. The van der Waals surface area contributed by atoms with Crippen LogP contribution in [-0.2, 0) is 28.9 Å². The Morgan fingerprint density at radius 2 is 0.889 bits per heavy atom. The van der Waals surface area contributed by atoms with Crippen LogP contribution >= 0.6 is 0 Å². The van der Waals surface area contributed by atoms with Crippen LogP contribution in [0, 0.1) is 0 Å². The number of carbonyl (C=O) groups excluding carboxylic acids is 1. The Hall–Kier alpha value is -1.42. The lowest BCUT2D eigenvalue weighted by molar-refractivity contribution is -0.298. The van der Waals surface area contributed by atoms with Crippen LogP contribution < -0.4 is 5.32 Å². The zero-order valence-electron chi connectivity index (χ0n) is 46.3. The summed E-state index contributed by atoms with van der Waals surface area (Å²) in [6.45, 7) is 3.41. The topological polar surface area (TPSA) is 192 Å². The fourth-order valence-corrected chi connectivity index (χ4v) is 10.3. The molecule has 0 aliphatic carbocycles. The van der Waals surface area contributed by atoms with E-state index < -0.39 is 59.9 Å². The molecule has 13 heteroatoms. The number of nitrogens with one attached hydrogen (secondary N) is 1. The number of aliphatic hydroxyl groups is 4. The van der Waals surface area contributed by atoms with E-state index in [1.807, 2.05) is 6.08 Å². The smallest absolute Gasteiger partial charge is 0.394 e. The summed E-state index contributed by atoms with van der Waals surface area (Å²) < 4.78 is 47.8. The van der Waals surface area contributed by atoms with E-state index in [0.29, 0.717) is 6.42 Å². The van der Waals surface area contributed by atoms with Crippen LogP contribution in [0.5, 0.6) is 0 Å². The fraction of sp³-hybridized carbons (Fsp3) is 0.915. The maximum atomic E-state index is 13.1. The number of aliphatic hydroxyl groups excluding tert-OH is 4. The molecule has 0 spiro atoms. The summed E-state index contributed by atoms with van der Waals surface area (Å²) in [4.78, 5) is 13.1. The van der Waals surface area contributed by atoms with Gasteiger partial charge < -0.3 is 35.2 Å². The number of hydrogen-bond donors (Lipinski definition) is 6. The Morgan fingerprint density at radius 1 is 0.542 bits per heavy atom. The molecule has 1 aliphatic rings. The van der Waals surface area contributed by atoms with Gasteiger partial charge in [0.25, 0.3) is 0 Å². The normalized spacial score (nSPS) is 19.5. The molecule has 72 heavy (non-hydrogen) atoms. The Kier molecular flexibility index (Phi) is 46.8. The van der Waals surface area contributed by atoms with E-state index in [0.717, 1.165) is 38.5 Å². The molecule has 0 aromatic rings. The largest absolute Gasteiger partial charge is 0.397 e. The van der Waals surface area contributed by atoms with Gasteiger partial charge in [-0.25, -0.2) is 4.18 Å². The van der Waals surface area contributed by atoms with Crippen LogP contribution in [0.25, 0.3) is 0 Å². The van der Waals surface area contributed by atoms with Gasteiger partial charge in [-0.05, 0) is 44.9 Å². The zero-order valence-corrected chi connectivity index (χ0v) is 47.1. The first-order chi connectivity index (χ1) is 35.0. The minimum Gasteiger partial charge on any atom is -0.394 e. The predicted octanol–water partition coefficient (Wildman–Crippen LogP) is 14.4. The first-order valence-electron chi connectivity index (χ1n) is 30.2. The van der Waals surface area contributed by atoms with Crippen molar-refractivity contribution >= 4 is 16.3 Å². The lowest BCUT2D eigenvalue weighted by atomic mass is 9.99. The summed E-state index contributed by atoms with van der Waals surface area (Å²) in [7, 11) is -5.09. The van der Waals surface area contributed by atoms with Crippen molar-refractivity contribution in [3.05, 3.63) is 24.3 Å². The van der Waals surface area contributed by atoms with E-state index in [4.69, 9.17) is 9.47 Å². The van der Waals surface area contributed by atoms with Gasteiger partial charge in [-0.1, -0.05) is 263 Å². The summed E-state index contributed by atoms with van der Waals surface area (Å²) in [6.07, 6.45) is 52.6. The zero-order chi connectivity index (χ0) is 52.6. The lowest BCUT2D eigenvalue weighted by Gasteiger charge is -2.41. The number of ether oxygens (including phenoxy) is 2. The predicted molar refractivity (Wildman–Crippen MR) is 296 cm³/mol. The first kappa shape index (κ1) is 68.6. The minimum absolute atomic E-state index is 0.259. The van der Waals surface area contributed by atoms with E-state index in [1.54, 1.807) is 6.08 Å². The van der Waals surface area contributed by atoms with Crippen LogP contribution in [0.2, 0.25) is 0 Å². The second kappa shape index (κ2) is 49.2. The molecule has 1 heterocycles. The van der Waals surface area contributed by atoms with Crippen molar-refractivity contribution in [2.75, 3.05) is 13.2 Å². The Balaban J connectivity index is 2.20. The van der Waals surface area contributed by atoms with Crippen molar-refractivity contribution in [3.8, 4) is 0 Å². The molecule has 12 nitrogen and oxygen atoms in total. The van der Waals surface area contributed by atoms with Crippen molar-refractivity contribution in [3.63, 3.8) is 0 Å². The standard InChI is InChI=1S/C59H113NO11S/c1-3-5-7-9-11-13-15-17-18-19-20-21-22-23-24-25-26-27-28-29-30-31-32-33-34-35-36-37-39-41-43-45-47-49-55(63)60-52(53(62)48-46-44-42-40-38-16-14-12-10-8-6-4-2)51-69-59-57(65)58(71-72(66,67)68)56(64)54(50-61)70-59/h23-24,46,48,52-54,56-59,61-62,64-65H,3-22,25-45,47,49-51H2,1-2H3,(H,60,63)(H,66,67,68)/b24-23-,48-46+. The van der Waals surface area contributed by atoms with Gasteiger partial charge in [0.15, 0.2) is 6.29 Å². The van der Waals surface area contributed by atoms with Gasteiger partial charge in [0.2, 0.25) is 5.91 Å². The molecule has 1 aliphatic heterocycles. The highest BCUT2D eigenvalue weighted by Crippen LogP contribution is 2.26. The Bertz CT molecular complexity index is 1370. The molecule has 0 radical (unpaired) electrons. The summed E-state index contributed by atoms with van der Waals surface area (Å²) in [5.41, 5.74) is 0. The average Bonchev–Trinajstić information content (AvgIpc) is 3.36. The highest BCUT2D eigenvalue weighted by atomic mass is 32.3. The van der Waals surface area contributed by atoms with E-state index in [-0.39, 0.29) is 18.9 Å². The quantitative estimate of drug-likeness (QED) is 0.0193. The van der Waals surface area contributed by atoms with E-state index in [9.17, 15) is 38.2 Å². The van der Waals surface area contributed by atoms with Gasteiger partial charge in [-0.15, -0.1) is 0 Å². The maximum Gasteiger partial charge on any atom is 0.397 e. The monoisotopic (exact) mass is 1040 g/mol. The van der Waals surface area contributed by atoms with Crippen molar-refractivity contribution in [1.82, 2.24) is 5.32 Å². The molecule has 0 aromatic heterocycles. The van der Waals surface area contributed by atoms with Gasteiger partial charge in [0.05, 0.1) is 25.4 Å². The van der Waals surface area contributed by atoms with Crippen molar-refractivity contribution in [1.29, 1.82) is 0 Å². The number of carbonyl (C=O) groups is 1. The number of allylic oxidation sites excluding steroid dienone is 3. The minimum atomic E-state index is -5.09. The molecule has 6 N–H and O–H groups in total. The second-order valence-corrected chi connectivity index (χ2v) is 22.3. The third-order valence-corrected chi connectivity index (χ3v) is 14.9. The highest BCUT2D eigenvalue weighted by molar-refractivity contribution is 7.80. The number of hydrogen-bond acceptors (Lipinski definition) is 10. The van der Waals surface area contributed by atoms with Crippen molar-refractivity contribution in [2.24, 2.45) is 0 Å². The molecule has 426 valence electrons. The van der Waals surface area contributed by atoms with Crippen LogP contribution in [0.1, 0.15) is 290 Å². The molecule has 1 amide bonds. The van der Waals surface area contributed by atoms with Crippen LogP contribution in [0.3, 0.4) is 0 Å². The summed E-state index contributed by atoms with van der Waals surface area (Å²) >= 11 is 0. The molecule has 1 rings (SSSR count). The van der Waals surface area contributed by atoms with Gasteiger partial charge in [0, 0.05) is 6.42 Å². The average molecular weight is 1040 g/mol. The molecule has 0 saturated carbocycles. The molecule has 0 aromatic carbocycles. The van der Waals surface area contributed by atoms with Crippen molar-refractivity contribution < 1.29 is 51.8 Å². The van der Waals surface area contributed by atoms with Gasteiger partial charge in [-0.3, -0.25) is 9.35 Å². The van der Waals surface area contributed by atoms with Crippen LogP contribution in [-0.4, -0.2) is 95.4 Å². The maximum absolute atomic E-state index is 13.1. The van der Waals surface area contributed by atoms with Crippen molar-refractivity contribution in [2.45, 2.75) is 333 Å². The van der Waals surface area contributed by atoms with Gasteiger partial charge in [-0.2, -0.15) is 8.42 Å². The molecular formula is C59H113NO11S. The summed E-state index contributed by atoms with van der Waals surface area (Å²) in [5, 5.41) is 44.9. The molecule has 1 fully saturated rings. The molecule has 0 bridgehead atoms.